The predicted octanol–water partition coefficient (Wildman–Crippen LogP) is 2.68. The molecular formula is C24H24ClN7O2S. The highest BCUT2D eigenvalue weighted by Gasteiger charge is 2.40. The van der Waals surface area contributed by atoms with E-state index in [2.05, 4.69) is 35.6 Å². The summed E-state index contributed by atoms with van der Waals surface area (Å²) in [7, 11) is -2.94. The van der Waals surface area contributed by atoms with Crippen LogP contribution in [0, 0.1) is 11.3 Å². The second kappa shape index (κ2) is 8.59. The van der Waals surface area contributed by atoms with E-state index in [9.17, 15) is 13.7 Å². The van der Waals surface area contributed by atoms with Crippen LogP contribution in [0.1, 0.15) is 41.5 Å². The number of fused-ring (bicyclic) bond motifs is 3. The van der Waals surface area contributed by atoms with Gasteiger partial charge >= 0.3 is 0 Å². The van der Waals surface area contributed by atoms with E-state index in [0.29, 0.717) is 23.7 Å². The van der Waals surface area contributed by atoms with Crippen molar-refractivity contribution >= 4 is 27.3 Å². The van der Waals surface area contributed by atoms with Gasteiger partial charge < -0.3 is 4.90 Å². The van der Waals surface area contributed by atoms with E-state index >= 15 is 0 Å². The molecule has 0 radical (unpaired) electrons. The molecule has 2 saturated heterocycles. The number of anilines is 1. The number of nitrogens with zero attached hydrogens (tertiary/aromatic N) is 7. The van der Waals surface area contributed by atoms with Crippen molar-refractivity contribution in [2.75, 3.05) is 29.5 Å². The minimum atomic E-state index is -2.94. The third kappa shape index (κ3) is 4.18. The number of pyridine rings is 1. The van der Waals surface area contributed by atoms with Crippen molar-refractivity contribution in [2.45, 2.75) is 37.9 Å². The van der Waals surface area contributed by atoms with Gasteiger partial charge in [0.15, 0.2) is 15.7 Å². The fourth-order valence-electron chi connectivity index (χ4n) is 5.35. The van der Waals surface area contributed by atoms with Crippen LogP contribution in [0.4, 0.5) is 5.82 Å². The van der Waals surface area contributed by atoms with Crippen LogP contribution in [0.15, 0.2) is 36.5 Å². The van der Waals surface area contributed by atoms with Crippen molar-refractivity contribution in [3.63, 3.8) is 0 Å². The number of hydrogen-bond acceptors (Lipinski definition) is 8. The van der Waals surface area contributed by atoms with Crippen LogP contribution in [0.3, 0.4) is 0 Å². The summed E-state index contributed by atoms with van der Waals surface area (Å²) in [6, 6.07) is 11.6. The van der Waals surface area contributed by atoms with Crippen molar-refractivity contribution in [1.29, 1.82) is 5.26 Å². The van der Waals surface area contributed by atoms with E-state index in [0.717, 1.165) is 54.6 Å². The maximum absolute atomic E-state index is 11.8. The average molecular weight is 510 g/mol. The number of hydrogen-bond donors (Lipinski definition) is 0. The molecule has 0 spiro atoms. The summed E-state index contributed by atoms with van der Waals surface area (Å²) in [4.78, 5) is 8.85. The molecule has 2 fully saturated rings. The lowest BCUT2D eigenvalue weighted by Gasteiger charge is -2.35. The normalized spacial score (nSPS) is 20.4. The lowest BCUT2D eigenvalue weighted by atomic mass is 9.95. The van der Waals surface area contributed by atoms with Crippen LogP contribution >= 0.6 is 11.6 Å². The molecule has 9 nitrogen and oxygen atoms in total. The number of nitriles is 1. The number of rotatable bonds is 3. The lowest BCUT2D eigenvalue weighted by Crippen LogP contribution is -2.52. The highest BCUT2D eigenvalue weighted by Crippen LogP contribution is 2.35. The number of aromatic nitrogens is 4. The second-order valence-electron chi connectivity index (χ2n) is 9.49. The maximum atomic E-state index is 11.8. The highest BCUT2D eigenvalue weighted by molar-refractivity contribution is 7.92. The smallest absolute Gasteiger partial charge is 0.153 e. The number of sulfone groups is 1. The van der Waals surface area contributed by atoms with Gasteiger partial charge in [-0.15, -0.1) is 10.2 Å². The van der Waals surface area contributed by atoms with E-state index in [1.165, 1.54) is 0 Å². The lowest BCUT2D eigenvalue weighted by molar-refractivity contribution is 0.193. The number of piperidine rings is 1. The Morgan fingerprint density at radius 1 is 1.06 bits per heavy atom. The molecule has 3 aliphatic rings. The fourth-order valence-corrected chi connectivity index (χ4v) is 7.04. The first kappa shape index (κ1) is 22.5. The average Bonchev–Trinajstić information content (AvgIpc) is 3.18. The third-order valence-corrected chi connectivity index (χ3v) is 9.24. The molecule has 0 bridgehead atoms. The van der Waals surface area contributed by atoms with Gasteiger partial charge in [-0.1, -0.05) is 11.6 Å². The van der Waals surface area contributed by atoms with Gasteiger partial charge in [0.1, 0.15) is 11.6 Å². The molecule has 6 rings (SSSR count). The zero-order valence-corrected chi connectivity index (χ0v) is 20.6. The highest BCUT2D eigenvalue weighted by atomic mass is 35.5. The number of benzene rings is 1. The molecule has 0 saturated carbocycles. The molecule has 0 N–H and O–H groups in total. The van der Waals surface area contributed by atoms with Gasteiger partial charge in [-0.2, -0.15) is 5.26 Å². The molecule has 5 heterocycles. The first-order valence-corrected chi connectivity index (χ1v) is 13.9. The molecule has 11 heteroatoms. The Kier molecular flexibility index (Phi) is 5.51. The Labute approximate surface area is 208 Å². The first-order valence-electron chi connectivity index (χ1n) is 11.7. The Morgan fingerprint density at radius 3 is 2.60 bits per heavy atom. The van der Waals surface area contributed by atoms with E-state index in [-0.39, 0.29) is 23.5 Å². The largest absolute Gasteiger partial charge is 0.357 e. The Hall–Kier alpha value is -3.00. The van der Waals surface area contributed by atoms with Crippen LogP contribution < -0.4 is 4.90 Å². The summed E-state index contributed by atoms with van der Waals surface area (Å²) < 4.78 is 25.8. The summed E-state index contributed by atoms with van der Waals surface area (Å²) in [5.74, 6) is 3.19. The Morgan fingerprint density at radius 2 is 1.86 bits per heavy atom. The monoisotopic (exact) mass is 509 g/mol. The minimum Gasteiger partial charge on any atom is -0.357 e. The molecule has 0 aliphatic carbocycles. The van der Waals surface area contributed by atoms with E-state index < -0.39 is 9.84 Å². The van der Waals surface area contributed by atoms with Crippen molar-refractivity contribution in [2.24, 2.45) is 0 Å². The molecule has 0 unspecified atom stereocenters. The van der Waals surface area contributed by atoms with Crippen LogP contribution in [0.25, 0.3) is 5.69 Å². The molecule has 3 aliphatic heterocycles. The Bertz CT molecular complexity index is 1430. The SMILES string of the molecule is N#Cc1ccnc(N2CCC(c3nnc4n3-c3ccc(Cl)cc3CN(C3CS(=O)(=O)C3)C4)CC2)c1. The third-order valence-electron chi connectivity index (χ3n) is 7.22. The summed E-state index contributed by atoms with van der Waals surface area (Å²) in [6.07, 6.45) is 3.47. The zero-order chi connectivity index (χ0) is 24.2. The van der Waals surface area contributed by atoms with E-state index in [1.807, 2.05) is 24.3 Å². The molecule has 180 valence electrons. The van der Waals surface area contributed by atoms with Crippen LogP contribution in [0.2, 0.25) is 5.02 Å². The maximum Gasteiger partial charge on any atom is 0.153 e. The van der Waals surface area contributed by atoms with Crippen LogP contribution in [-0.2, 0) is 22.9 Å². The minimum absolute atomic E-state index is 0.0153. The standard InChI is InChI=1S/C24H24ClN7O2S/c25-19-1-2-21-18(10-19)12-31(20-14-35(33,34)15-20)13-23-28-29-24(32(21)23)17-4-7-30(8-5-17)22-9-16(11-26)3-6-27-22/h1-3,6,9-10,17,20H,4-5,7-8,12-15H2. The van der Waals surface area contributed by atoms with Gasteiger partial charge in [-0.25, -0.2) is 13.4 Å². The van der Waals surface area contributed by atoms with Gasteiger partial charge in [0, 0.05) is 42.8 Å². The molecule has 35 heavy (non-hydrogen) atoms. The summed E-state index contributed by atoms with van der Waals surface area (Å²) in [6.45, 7) is 2.80. The Balaban J connectivity index is 1.29. The van der Waals surface area contributed by atoms with Crippen LogP contribution in [0.5, 0.6) is 0 Å². The summed E-state index contributed by atoms with van der Waals surface area (Å²) in [5, 5.41) is 19.1. The molecule has 2 aromatic heterocycles. The molecule has 0 atom stereocenters. The molecular weight excluding hydrogens is 486 g/mol. The first-order chi connectivity index (χ1) is 16.9. The van der Waals surface area contributed by atoms with Gasteiger partial charge in [-0.05, 0) is 48.7 Å². The molecule has 0 amide bonds. The molecule has 1 aromatic carbocycles. The quantitative estimate of drug-likeness (QED) is 0.530. The van der Waals surface area contributed by atoms with Gasteiger partial charge in [0.25, 0.3) is 0 Å². The predicted molar refractivity (Wildman–Crippen MR) is 131 cm³/mol. The van der Waals surface area contributed by atoms with Crippen molar-refractivity contribution in [3.8, 4) is 11.8 Å². The van der Waals surface area contributed by atoms with Crippen LogP contribution in [-0.4, -0.2) is 63.7 Å². The van der Waals surface area contributed by atoms with Crippen molar-refractivity contribution in [3.05, 3.63) is 64.3 Å². The van der Waals surface area contributed by atoms with Gasteiger partial charge in [0.05, 0.1) is 35.4 Å². The van der Waals surface area contributed by atoms with E-state index in [4.69, 9.17) is 11.6 Å². The second-order valence-corrected chi connectivity index (χ2v) is 12.1. The summed E-state index contributed by atoms with van der Waals surface area (Å²) >= 11 is 6.35. The van der Waals surface area contributed by atoms with Gasteiger partial charge in [0.2, 0.25) is 0 Å². The summed E-state index contributed by atoms with van der Waals surface area (Å²) in [5.41, 5.74) is 2.68. The zero-order valence-electron chi connectivity index (χ0n) is 19.0. The number of halogens is 1. The van der Waals surface area contributed by atoms with Gasteiger partial charge in [-0.3, -0.25) is 9.47 Å². The van der Waals surface area contributed by atoms with Crippen molar-refractivity contribution in [1.82, 2.24) is 24.6 Å². The van der Waals surface area contributed by atoms with E-state index in [1.54, 1.807) is 12.3 Å². The topological polar surface area (TPSA) is 108 Å². The fraction of sp³-hybridized carbons (Fsp3) is 0.417. The molecule has 3 aromatic rings. The van der Waals surface area contributed by atoms with Crippen molar-refractivity contribution < 1.29 is 8.42 Å².